The Morgan fingerprint density at radius 2 is 2.32 bits per heavy atom. The predicted octanol–water partition coefficient (Wildman–Crippen LogP) is 4.06. The average molecular weight is 261 g/mol. The summed E-state index contributed by atoms with van der Waals surface area (Å²) in [4.78, 5) is 8.44. The van der Waals surface area contributed by atoms with E-state index in [1.165, 1.54) is 0 Å². The first-order valence-corrected chi connectivity index (χ1v) is 6.70. The maximum absolute atomic E-state index is 10.3. The Bertz CT molecular complexity index is 466. The van der Waals surface area contributed by atoms with Crippen molar-refractivity contribution >= 4 is 11.9 Å². The van der Waals surface area contributed by atoms with Gasteiger partial charge in [0.05, 0.1) is 11.4 Å². The number of rotatable bonds is 6. The van der Waals surface area contributed by atoms with Gasteiger partial charge < -0.3 is 10.4 Å². The van der Waals surface area contributed by atoms with Crippen LogP contribution in [0.15, 0.2) is 34.9 Å². The van der Waals surface area contributed by atoms with Crippen LogP contribution in [-0.2, 0) is 0 Å². The molecule has 0 aromatic carbocycles. The smallest absolute Gasteiger partial charge is 0.168 e. The highest BCUT2D eigenvalue weighted by Crippen LogP contribution is 2.21. The van der Waals surface area contributed by atoms with Crippen LogP contribution in [0.25, 0.3) is 0 Å². The van der Waals surface area contributed by atoms with Gasteiger partial charge >= 0.3 is 0 Å². The largest absolute Gasteiger partial charge is 0.508 e. The Hall–Kier alpha value is -1.84. The van der Waals surface area contributed by atoms with Crippen LogP contribution >= 0.6 is 0 Å². The Kier molecular flexibility index (Phi) is 6.06. The Morgan fingerprint density at radius 1 is 1.58 bits per heavy atom. The standard InChI is InChI=1S/C15H23N3O/c1-5-8-11(3)14(19)15(16-6-2)18-13-9-7-10-17-12(13)4/h6-7,9-11,18-19H,5,8H2,1-4H3/b15-14-,16-6-. The quantitative estimate of drug-likeness (QED) is 0.600. The van der Waals surface area contributed by atoms with E-state index in [2.05, 4.69) is 22.2 Å². The fourth-order valence-electron chi connectivity index (χ4n) is 1.84. The van der Waals surface area contributed by atoms with Gasteiger partial charge in [-0.05, 0) is 32.4 Å². The van der Waals surface area contributed by atoms with Crippen molar-refractivity contribution in [2.45, 2.75) is 40.5 Å². The number of anilines is 1. The van der Waals surface area contributed by atoms with E-state index >= 15 is 0 Å². The van der Waals surface area contributed by atoms with Gasteiger partial charge in [-0.15, -0.1) is 0 Å². The average Bonchev–Trinajstić information content (AvgIpc) is 2.40. The molecule has 1 unspecified atom stereocenters. The van der Waals surface area contributed by atoms with E-state index in [9.17, 15) is 5.11 Å². The molecule has 0 amide bonds. The lowest BCUT2D eigenvalue weighted by Crippen LogP contribution is -2.09. The van der Waals surface area contributed by atoms with Crippen LogP contribution in [0, 0.1) is 12.8 Å². The van der Waals surface area contributed by atoms with Gasteiger partial charge in [-0.25, -0.2) is 4.99 Å². The molecule has 0 saturated carbocycles. The Morgan fingerprint density at radius 3 is 2.89 bits per heavy atom. The first-order chi connectivity index (χ1) is 9.10. The molecular formula is C15H23N3O. The summed E-state index contributed by atoms with van der Waals surface area (Å²) in [5.74, 6) is 0.885. The second-order valence-corrected chi connectivity index (χ2v) is 4.57. The van der Waals surface area contributed by atoms with Gasteiger partial charge in [0, 0.05) is 18.3 Å². The van der Waals surface area contributed by atoms with Gasteiger partial charge in [-0.2, -0.15) is 0 Å². The maximum atomic E-state index is 10.3. The number of nitrogens with zero attached hydrogens (tertiary/aromatic N) is 2. The molecule has 1 aromatic rings. The molecule has 19 heavy (non-hydrogen) atoms. The third kappa shape index (κ3) is 4.39. The van der Waals surface area contributed by atoms with Crippen LogP contribution < -0.4 is 5.32 Å². The molecule has 0 spiro atoms. The van der Waals surface area contributed by atoms with E-state index in [0.717, 1.165) is 24.2 Å². The van der Waals surface area contributed by atoms with Crippen molar-refractivity contribution in [1.29, 1.82) is 0 Å². The predicted molar refractivity (Wildman–Crippen MR) is 80.5 cm³/mol. The van der Waals surface area contributed by atoms with Gasteiger partial charge in [0.25, 0.3) is 0 Å². The van der Waals surface area contributed by atoms with Crippen LogP contribution in [0.3, 0.4) is 0 Å². The second-order valence-electron chi connectivity index (χ2n) is 4.57. The van der Waals surface area contributed by atoms with Crippen LogP contribution in [-0.4, -0.2) is 16.3 Å². The zero-order valence-electron chi connectivity index (χ0n) is 12.1. The number of aliphatic imine (C=N–C) groups is 1. The number of aliphatic hydroxyl groups excluding tert-OH is 1. The van der Waals surface area contributed by atoms with Gasteiger partial charge in [0.1, 0.15) is 5.76 Å². The molecule has 0 aliphatic carbocycles. The van der Waals surface area contributed by atoms with E-state index < -0.39 is 0 Å². The number of aliphatic hydroxyl groups is 1. The molecular weight excluding hydrogens is 238 g/mol. The van der Waals surface area contributed by atoms with E-state index in [0.29, 0.717) is 11.6 Å². The maximum Gasteiger partial charge on any atom is 0.168 e. The first-order valence-electron chi connectivity index (χ1n) is 6.70. The fraction of sp³-hybridized carbons (Fsp3) is 0.467. The van der Waals surface area contributed by atoms with Crippen molar-refractivity contribution in [3.05, 3.63) is 35.6 Å². The van der Waals surface area contributed by atoms with Crippen molar-refractivity contribution in [2.75, 3.05) is 5.32 Å². The number of aryl methyl sites for hydroxylation is 1. The monoisotopic (exact) mass is 261 g/mol. The van der Waals surface area contributed by atoms with Crippen molar-refractivity contribution in [1.82, 2.24) is 4.98 Å². The fourth-order valence-corrected chi connectivity index (χ4v) is 1.84. The zero-order valence-corrected chi connectivity index (χ0v) is 12.1. The highest BCUT2D eigenvalue weighted by molar-refractivity contribution is 5.59. The minimum absolute atomic E-state index is 0.0909. The molecule has 0 bridgehead atoms. The van der Waals surface area contributed by atoms with E-state index in [4.69, 9.17) is 0 Å². The minimum atomic E-state index is 0.0909. The zero-order chi connectivity index (χ0) is 14.3. The molecule has 1 heterocycles. The van der Waals surface area contributed by atoms with E-state index in [1.807, 2.05) is 32.9 Å². The third-order valence-corrected chi connectivity index (χ3v) is 2.95. The summed E-state index contributed by atoms with van der Waals surface area (Å²) < 4.78 is 0. The molecule has 4 heteroatoms. The van der Waals surface area contributed by atoms with Gasteiger partial charge in [0.2, 0.25) is 0 Å². The third-order valence-electron chi connectivity index (χ3n) is 2.95. The summed E-state index contributed by atoms with van der Waals surface area (Å²) in [6, 6.07) is 3.78. The summed E-state index contributed by atoms with van der Waals surface area (Å²) in [6.07, 6.45) is 5.37. The number of hydrogen-bond donors (Lipinski definition) is 2. The lowest BCUT2D eigenvalue weighted by molar-refractivity contribution is 0.323. The number of aromatic nitrogens is 1. The summed E-state index contributed by atoms with van der Waals surface area (Å²) >= 11 is 0. The topological polar surface area (TPSA) is 57.5 Å². The molecule has 1 rings (SSSR count). The minimum Gasteiger partial charge on any atom is -0.508 e. The van der Waals surface area contributed by atoms with Gasteiger partial charge in [-0.3, -0.25) is 4.98 Å². The lowest BCUT2D eigenvalue weighted by Gasteiger charge is -2.15. The number of allylic oxidation sites excluding steroid dienone is 1. The summed E-state index contributed by atoms with van der Waals surface area (Å²) in [6.45, 7) is 7.85. The number of hydrogen-bond acceptors (Lipinski definition) is 4. The summed E-state index contributed by atoms with van der Waals surface area (Å²) in [5.41, 5.74) is 1.74. The number of nitrogens with one attached hydrogen (secondary N) is 1. The lowest BCUT2D eigenvalue weighted by atomic mass is 10.0. The first kappa shape index (κ1) is 15.2. The van der Waals surface area contributed by atoms with Crippen molar-refractivity contribution in [2.24, 2.45) is 10.9 Å². The van der Waals surface area contributed by atoms with Crippen molar-refractivity contribution in [3.8, 4) is 0 Å². The van der Waals surface area contributed by atoms with Crippen LogP contribution in [0.2, 0.25) is 0 Å². The molecule has 1 atom stereocenters. The molecule has 104 valence electrons. The Balaban J connectivity index is 3.01. The number of pyridine rings is 1. The molecule has 4 nitrogen and oxygen atoms in total. The molecule has 0 saturated heterocycles. The summed E-state index contributed by atoms with van der Waals surface area (Å²) in [5, 5.41) is 13.4. The molecule has 1 aromatic heterocycles. The van der Waals surface area contributed by atoms with Crippen LogP contribution in [0.4, 0.5) is 5.69 Å². The normalized spacial score (nSPS) is 14.3. The van der Waals surface area contributed by atoms with Crippen molar-refractivity contribution < 1.29 is 5.11 Å². The Labute approximate surface area is 115 Å². The highest BCUT2D eigenvalue weighted by atomic mass is 16.3. The SMILES string of the molecule is C/C=N\C(Nc1cccnc1C)=C(\O)C(C)CCC. The summed E-state index contributed by atoms with van der Waals surface area (Å²) in [7, 11) is 0. The molecule has 0 aliphatic rings. The van der Waals surface area contributed by atoms with E-state index in [-0.39, 0.29) is 5.92 Å². The van der Waals surface area contributed by atoms with Crippen molar-refractivity contribution in [3.63, 3.8) is 0 Å². The van der Waals surface area contributed by atoms with Gasteiger partial charge in [-0.1, -0.05) is 20.3 Å². The van der Waals surface area contributed by atoms with E-state index in [1.54, 1.807) is 12.4 Å². The molecule has 2 N–H and O–H groups in total. The van der Waals surface area contributed by atoms with Crippen LogP contribution in [0.1, 0.15) is 39.3 Å². The molecule has 0 aliphatic heterocycles. The highest BCUT2D eigenvalue weighted by Gasteiger charge is 2.13. The second kappa shape index (κ2) is 7.56. The molecule has 0 radical (unpaired) electrons. The van der Waals surface area contributed by atoms with Gasteiger partial charge in [0.15, 0.2) is 5.82 Å². The van der Waals surface area contributed by atoms with Crippen LogP contribution in [0.5, 0.6) is 0 Å². The molecule has 0 fully saturated rings.